The van der Waals surface area contributed by atoms with Crippen molar-refractivity contribution in [1.82, 2.24) is 0 Å². The Bertz CT molecular complexity index is 478. The van der Waals surface area contributed by atoms with Crippen molar-refractivity contribution in [2.24, 2.45) is 11.7 Å². The lowest BCUT2D eigenvalue weighted by Crippen LogP contribution is -2.29. The fourth-order valence-electron chi connectivity index (χ4n) is 2.32. The molecule has 0 heterocycles. The molecule has 0 radical (unpaired) electrons. The molecule has 1 aromatic carbocycles. The van der Waals surface area contributed by atoms with Crippen LogP contribution in [-0.2, 0) is 0 Å². The van der Waals surface area contributed by atoms with Crippen molar-refractivity contribution >= 4 is 11.5 Å². The minimum Gasteiger partial charge on any atom is -0.384 e. The van der Waals surface area contributed by atoms with E-state index in [4.69, 9.17) is 11.1 Å². The molecule has 2 aliphatic carbocycles. The monoisotopic (exact) mass is 247 g/mol. The van der Waals surface area contributed by atoms with E-state index in [9.17, 15) is 4.39 Å². The van der Waals surface area contributed by atoms with Crippen molar-refractivity contribution in [2.75, 3.05) is 11.4 Å². The summed E-state index contributed by atoms with van der Waals surface area (Å²) >= 11 is 0. The summed E-state index contributed by atoms with van der Waals surface area (Å²) < 4.78 is 14.1. The first kappa shape index (κ1) is 11.5. The summed E-state index contributed by atoms with van der Waals surface area (Å²) in [5.74, 6) is 0.411. The summed E-state index contributed by atoms with van der Waals surface area (Å²) in [5.41, 5.74) is 6.51. The molecule has 96 valence electrons. The van der Waals surface area contributed by atoms with E-state index in [0.29, 0.717) is 17.3 Å². The number of anilines is 1. The molecule has 0 spiro atoms. The number of halogens is 1. The smallest absolute Gasteiger partial charge is 0.147 e. The maximum atomic E-state index is 14.1. The first-order valence-corrected chi connectivity index (χ1v) is 6.55. The molecular weight excluding hydrogens is 229 g/mol. The highest BCUT2D eigenvalue weighted by atomic mass is 19.1. The molecule has 0 bridgehead atoms. The van der Waals surface area contributed by atoms with E-state index in [2.05, 4.69) is 4.90 Å². The number of hydrogen-bond acceptors (Lipinski definition) is 2. The lowest BCUT2D eigenvalue weighted by atomic mass is 10.1. The molecule has 0 aromatic heterocycles. The van der Waals surface area contributed by atoms with Gasteiger partial charge in [0.05, 0.1) is 5.69 Å². The maximum absolute atomic E-state index is 14.1. The minimum absolute atomic E-state index is 0.0828. The first-order chi connectivity index (χ1) is 8.65. The third-order valence-electron chi connectivity index (χ3n) is 3.71. The van der Waals surface area contributed by atoms with Gasteiger partial charge in [0.25, 0.3) is 0 Å². The summed E-state index contributed by atoms with van der Waals surface area (Å²) in [4.78, 5) is 2.21. The minimum atomic E-state index is -0.254. The highest BCUT2D eigenvalue weighted by Crippen LogP contribution is 2.38. The van der Waals surface area contributed by atoms with Crippen LogP contribution in [0.5, 0.6) is 0 Å². The number of rotatable bonds is 5. The van der Waals surface area contributed by atoms with Crippen LogP contribution in [0.3, 0.4) is 0 Å². The Balaban J connectivity index is 1.86. The van der Waals surface area contributed by atoms with Crippen LogP contribution in [0, 0.1) is 17.1 Å². The van der Waals surface area contributed by atoms with Crippen molar-refractivity contribution in [3.63, 3.8) is 0 Å². The predicted octanol–water partition coefficient (Wildman–Crippen LogP) is 2.49. The third kappa shape index (κ3) is 2.33. The zero-order valence-electron chi connectivity index (χ0n) is 10.3. The number of amidine groups is 1. The van der Waals surface area contributed by atoms with Gasteiger partial charge >= 0.3 is 0 Å². The van der Waals surface area contributed by atoms with Gasteiger partial charge in [0.2, 0.25) is 0 Å². The van der Waals surface area contributed by atoms with Gasteiger partial charge in [-0.25, -0.2) is 4.39 Å². The second kappa shape index (κ2) is 4.26. The van der Waals surface area contributed by atoms with E-state index in [0.717, 1.165) is 12.5 Å². The number of hydrogen-bond donors (Lipinski definition) is 2. The fourth-order valence-corrected chi connectivity index (χ4v) is 2.32. The normalized spacial score (nSPS) is 18.7. The average Bonchev–Trinajstić information content (AvgIpc) is 3.19. The largest absolute Gasteiger partial charge is 0.384 e. The van der Waals surface area contributed by atoms with Crippen LogP contribution in [0.15, 0.2) is 18.2 Å². The SMILES string of the molecule is N=C(N)c1ccc(N(CC2CC2)C2CC2)c(F)c1. The van der Waals surface area contributed by atoms with Crippen molar-refractivity contribution in [3.05, 3.63) is 29.6 Å². The molecule has 0 amide bonds. The molecule has 3 rings (SSSR count). The molecule has 4 heteroatoms. The molecule has 0 unspecified atom stereocenters. The zero-order chi connectivity index (χ0) is 12.7. The van der Waals surface area contributed by atoms with Crippen molar-refractivity contribution in [2.45, 2.75) is 31.7 Å². The van der Waals surface area contributed by atoms with E-state index in [-0.39, 0.29) is 11.7 Å². The van der Waals surface area contributed by atoms with Crippen molar-refractivity contribution in [3.8, 4) is 0 Å². The molecule has 2 saturated carbocycles. The van der Waals surface area contributed by atoms with Gasteiger partial charge in [-0.3, -0.25) is 5.41 Å². The maximum Gasteiger partial charge on any atom is 0.147 e. The van der Waals surface area contributed by atoms with Gasteiger partial charge in [-0.2, -0.15) is 0 Å². The summed E-state index contributed by atoms with van der Waals surface area (Å²) in [6.07, 6.45) is 4.88. The van der Waals surface area contributed by atoms with Gasteiger partial charge in [0.15, 0.2) is 0 Å². The fraction of sp³-hybridized carbons (Fsp3) is 0.500. The quantitative estimate of drug-likeness (QED) is 0.620. The van der Waals surface area contributed by atoms with Gasteiger partial charge in [-0.15, -0.1) is 0 Å². The predicted molar refractivity (Wildman–Crippen MR) is 70.5 cm³/mol. The Morgan fingerprint density at radius 2 is 2.06 bits per heavy atom. The Morgan fingerprint density at radius 1 is 1.33 bits per heavy atom. The Hall–Kier alpha value is -1.58. The number of nitrogens with zero attached hydrogens (tertiary/aromatic N) is 1. The van der Waals surface area contributed by atoms with Gasteiger partial charge in [-0.1, -0.05) is 0 Å². The molecule has 0 saturated heterocycles. The molecule has 3 nitrogen and oxygen atoms in total. The van der Waals surface area contributed by atoms with Crippen LogP contribution in [0.2, 0.25) is 0 Å². The molecule has 18 heavy (non-hydrogen) atoms. The van der Waals surface area contributed by atoms with Crippen LogP contribution in [0.1, 0.15) is 31.2 Å². The second-order valence-electron chi connectivity index (χ2n) is 5.41. The Morgan fingerprint density at radius 3 is 2.56 bits per heavy atom. The lowest BCUT2D eigenvalue weighted by molar-refractivity contribution is 0.609. The zero-order valence-corrected chi connectivity index (χ0v) is 10.3. The highest BCUT2D eigenvalue weighted by Gasteiger charge is 2.34. The standard InChI is InChI=1S/C14H18FN3/c15-12-7-10(14(16)17)3-6-13(12)18(11-4-5-11)8-9-1-2-9/h3,6-7,9,11H,1-2,4-5,8H2,(H3,16,17). The van der Waals surface area contributed by atoms with E-state index >= 15 is 0 Å². The van der Waals surface area contributed by atoms with E-state index in [1.807, 2.05) is 0 Å². The van der Waals surface area contributed by atoms with Gasteiger partial charge in [0, 0.05) is 18.2 Å². The third-order valence-corrected chi connectivity index (χ3v) is 3.71. The molecule has 0 atom stereocenters. The number of benzene rings is 1. The van der Waals surface area contributed by atoms with Crippen LogP contribution < -0.4 is 10.6 Å². The summed E-state index contributed by atoms with van der Waals surface area (Å²) in [7, 11) is 0. The molecule has 3 N–H and O–H groups in total. The topological polar surface area (TPSA) is 53.1 Å². The van der Waals surface area contributed by atoms with Crippen molar-refractivity contribution in [1.29, 1.82) is 5.41 Å². The first-order valence-electron chi connectivity index (χ1n) is 6.55. The summed E-state index contributed by atoms with van der Waals surface area (Å²) in [6.45, 7) is 0.973. The van der Waals surface area contributed by atoms with Crippen LogP contribution >= 0.6 is 0 Å². The van der Waals surface area contributed by atoms with Crippen LogP contribution in [-0.4, -0.2) is 18.4 Å². The number of nitrogens with two attached hydrogens (primary N) is 1. The summed E-state index contributed by atoms with van der Waals surface area (Å²) in [5, 5.41) is 7.33. The molecule has 1 aromatic rings. The average molecular weight is 247 g/mol. The van der Waals surface area contributed by atoms with Gasteiger partial charge in [0.1, 0.15) is 11.7 Å². The van der Waals surface area contributed by atoms with E-state index in [1.165, 1.54) is 31.7 Å². The van der Waals surface area contributed by atoms with Crippen LogP contribution in [0.25, 0.3) is 0 Å². The summed E-state index contributed by atoms with van der Waals surface area (Å²) in [6, 6.07) is 5.40. The van der Waals surface area contributed by atoms with E-state index in [1.54, 1.807) is 12.1 Å². The van der Waals surface area contributed by atoms with Gasteiger partial charge < -0.3 is 10.6 Å². The van der Waals surface area contributed by atoms with Crippen molar-refractivity contribution < 1.29 is 4.39 Å². The Kier molecular flexibility index (Phi) is 2.73. The molecular formula is C14H18FN3. The molecule has 2 aliphatic rings. The number of nitrogens with one attached hydrogen (secondary N) is 1. The lowest BCUT2D eigenvalue weighted by Gasteiger charge is -2.25. The van der Waals surface area contributed by atoms with Gasteiger partial charge in [-0.05, 0) is 49.8 Å². The molecule has 0 aliphatic heterocycles. The van der Waals surface area contributed by atoms with E-state index < -0.39 is 0 Å². The molecule has 2 fully saturated rings. The van der Waals surface area contributed by atoms with Crippen LogP contribution in [0.4, 0.5) is 10.1 Å². The highest BCUT2D eigenvalue weighted by molar-refractivity contribution is 5.95. The Labute approximate surface area is 106 Å². The number of nitrogen functional groups attached to an aromatic ring is 1. The second-order valence-corrected chi connectivity index (χ2v) is 5.41.